The van der Waals surface area contributed by atoms with Crippen LogP contribution in [0.5, 0.6) is 11.6 Å². The van der Waals surface area contributed by atoms with Crippen molar-refractivity contribution in [3.63, 3.8) is 0 Å². The van der Waals surface area contributed by atoms with Crippen molar-refractivity contribution in [1.29, 1.82) is 0 Å². The fourth-order valence-corrected chi connectivity index (χ4v) is 3.04. The van der Waals surface area contributed by atoms with E-state index in [9.17, 15) is 4.79 Å². The van der Waals surface area contributed by atoms with E-state index in [1.54, 1.807) is 26.4 Å². The van der Waals surface area contributed by atoms with Gasteiger partial charge in [-0.3, -0.25) is 4.79 Å². The largest absolute Gasteiger partial charge is 0.497 e. The van der Waals surface area contributed by atoms with Crippen LogP contribution >= 0.6 is 0 Å². The number of methoxy groups -OCH3 is 2. The second-order valence-electron chi connectivity index (χ2n) is 7.27. The Morgan fingerprint density at radius 2 is 1.61 bits per heavy atom. The lowest BCUT2D eigenvalue weighted by molar-refractivity contribution is -0.116. The van der Waals surface area contributed by atoms with Crippen LogP contribution in [0.15, 0.2) is 60.7 Å². The van der Waals surface area contributed by atoms with Gasteiger partial charge in [0.05, 0.1) is 25.6 Å². The molecule has 31 heavy (non-hydrogen) atoms. The Hall–Kier alpha value is -3.74. The molecule has 0 saturated carbocycles. The number of hydrogen-bond donors (Lipinski definition) is 2. The number of carbonyl (C=O) groups excluding carboxylic acids is 1. The summed E-state index contributed by atoms with van der Waals surface area (Å²) in [7, 11) is 7.16. The summed E-state index contributed by atoms with van der Waals surface area (Å²) in [6.45, 7) is 1.81. The number of hydrogen-bond acceptors (Lipinski definition) is 6. The predicted octanol–water partition coefficient (Wildman–Crippen LogP) is 4.27. The standard InChI is InChI=1S/C24H28N4O3/c1-16(25-18-8-12-20(30-4)13-9-18)24(29)26-21-14-15-22(31-5)27-23(21)17-6-10-19(11-7-17)28(2)3/h6-16,25H,1-5H3,(H,26,29). The van der Waals surface area contributed by atoms with Crippen LogP contribution in [0, 0.1) is 0 Å². The van der Waals surface area contributed by atoms with Gasteiger partial charge in [0.25, 0.3) is 0 Å². The van der Waals surface area contributed by atoms with Crippen molar-refractivity contribution < 1.29 is 14.3 Å². The van der Waals surface area contributed by atoms with Gasteiger partial charge in [0.2, 0.25) is 11.8 Å². The fraction of sp³-hybridized carbons (Fsp3) is 0.250. The molecule has 1 unspecified atom stereocenters. The summed E-state index contributed by atoms with van der Waals surface area (Å²) in [5.41, 5.74) is 4.06. The Labute approximate surface area is 183 Å². The third-order valence-corrected chi connectivity index (χ3v) is 4.86. The Morgan fingerprint density at radius 1 is 0.935 bits per heavy atom. The smallest absolute Gasteiger partial charge is 0.246 e. The number of benzene rings is 2. The van der Waals surface area contributed by atoms with Crippen molar-refractivity contribution in [3.8, 4) is 22.9 Å². The van der Waals surface area contributed by atoms with Gasteiger partial charge in [-0.25, -0.2) is 4.98 Å². The third-order valence-electron chi connectivity index (χ3n) is 4.86. The summed E-state index contributed by atoms with van der Waals surface area (Å²) in [5.74, 6) is 1.07. The number of ether oxygens (including phenoxy) is 2. The van der Waals surface area contributed by atoms with Crippen LogP contribution in [0.25, 0.3) is 11.3 Å². The molecule has 1 amide bonds. The maximum Gasteiger partial charge on any atom is 0.246 e. The summed E-state index contributed by atoms with van der Waals surface area (Å²) < 4.78 is 10.5. The van der Waals surface area contributed by atoms with Crippen molar-refractivity contribution in [1.82, 2.24) is 4.98 Å². The van der Waals surface area contributed by atoms with Crippen molar-refractivity contribution >= 4 is 23.0 Å². The number of nitrogens with zero attached hydrogens (tertiary/aromatic N) is 2. The molecule has 0 aliphatic rings. The highest BCUT2D eigenvalue weighted by molar-refractivity contribution is 5.99. The maximum atomic E-state index is 12.9. The lowest BCUT2D eigenvalue weighted by atomic mass is 10.1. The van der Waals surface area contributed by atoms with Crippen LogP contribution in [-0.4, -0.2) is 45.2 Å². The van der Waals surface area contributed by atoms with Gasteiger partial charge >= 0.3 is 0 Å². The van der Waals surface area contributed by atoms with E-state index in [4.69, 9.17) is 9.47 Å². The fourth-order valence-electron chi connectivity index (χ4n) is 3.04. The van der Waals surface area contributed by atoms with Crippen molar-refractivity contribution in [2.75, 3.05) is 43.8 Å². The zero-order chi connectivity index (χ0) is 22.4. The molecule has 2 N–H and O–H groups in total. The van der Waals surface area contributed by atoms with Crippen molar-refractivity contribution in [2.24, 2.45) is 0 Å². The molecule has 7 nitrogen and oxygen atoms in total. The molecule has 0 saturated heterocycles. The van der Waals surface area contributed by atoms with Gasteiger partial charge in [0.1, 0.15) is 11.8 Å². The number of rotatable bonds is 8. The summed E-state index contributed by atoms with van der Waals surface area (Å²) in [6, 6.07) is 18.5. The minimum Gasteiger partial charge on any atom is -0.497 e. The molecule has 3 aromatic rings. The molecule has 0 aliphatic heterocycles. The number of carbonyl (C=O) groups is 1. The Bertz CT molecular complexity index is 1020. The second-order valence-corrected chi connectivity index (χ2v) is 7.27. The molecule has 162 valence electrons. The molecular weight excluding hydrogens is 392 g/mol. The highest BCUT2D eigenvalue weighted by atomic mass is 16.5. The van der Waals surface area contributed by atoms with Crippen LogP contribution < -0.4 is 25.0 Å². The van der Waals surface area contributed by atoms with Gasteiger partial charge in [0.15, 0.2) is 0 Å². The van der Waals surface area contributed by atoms with Crippen LogP contribution in [0.2, 0.25) is 0 Å². The quantitative estimate of drug-likeness (QED) is 0.567. The first-order valence-electron chi connectivity index (χ1n) is 9.95. The molecule has 2 aromatic carbocycles. The van der Waals surface area contributed by atoms with Gasteiger partial charge in [-0.05, 0) is 49.4 Å². The number of aromatic nitrogens is 1. The number of amides is 1. The van der Waals surface area contributed by atoms with Gasteiger partial charge in [0, 0.05) is 37.1 Å². The summed E-state index contributed by atoms with van der Waals surface area (Å²) in [6.07, 6.45) is 0. The third kappa shape index (κ3) is 5.45. The van der Waals surface area contributed by atoms with E-state index in [0.717, 1.165) is 22.7 Å². The molecule has 1 aromatic heterocycles. The van der Waals surface area contributed by atoms with Gasteiger partial charge in [-0.1, -0.05) is 12.1 Å². The minimum absolute atomic E-state index is 0.172. The zero-order valence-electron chi connectivity index (χ0n) is 18.5. The van der Waals surface area contributed by atoms with Gasteiger partial charge in [-0.15, -0.1) is 0 Å². The highest BCUT2D eigenvalue weighted by Crippen LogP contribution is 2.30. The molecule has 1 atom stereocenters. The van der Waals surface area contributed by atoms with E-state index in [1.807, 2.05) is 74.4 Å². The number of anilines is 3. The molecule has 0 radical (unpaired) electrons. The van der Waals surface area contributed by atoms with E-state index in [2.05, 4.69) is 15.6 Å². The highest BCUT2D eigenvalue weighted by Gasteiger charge is 2.17. The maximum absolute atomic E-state index is 12.9. The lowest BCUT2D eigenvalue weighted by Crippen LogP contribution is -2.32. The van der Waals surface area contributed by atoms with E-state index < -0.39 is 6.04 Å². The van der Waals surface area contributed by atoms with Crippen LogP contribution in [0.3, 0.4) is 0 Å². The van der Waals surface area contributed by atoms with E-state index >= 15 is 0 Å². The van der Waals surface area contributed by atoms with Crippen molar-refractivity contribution in [3.05, 3.63) is 60.7 Å². The molecule has 0 bridgehead atoms. The average Bonchev–Trinajstić information content (AvgIpc) is 2.79. The van der Waals surface area contributed by atoms with E-state index in [1.165, 1.54) is 0 Å². The predicted molar refractivity (Wildman–Crippen MR) is 125 cm³/mol. The minimum atomic E-state index is -0.459. The Kier molecular flexibility index (Phi) is 6.97. The summed E-state index contributed by atoms with van der Waals surface area (Å²) in [4.78, 5) is 19.4. The first-order chi connectivity index (χ1) is 14.9. The first-order valence-corrected chi connectivity index (χ1v) is 9.95. The average molecular weight is 421 g/mol. The molecule has 3 rings (SSSR count). The SMILES string of the molecule is COc1ccc(NC(C)C(=O)Nc2ccc(OC)nc2-c2ccc(N(C)C)cc2)cc1. The van der Waals surface area contributed by atoms with Crippen molar-refractivity contribution in [2.45, 2.75) is 13.0 Å². The van der Waals surface area contributed by atoms with E-state index in [0.29, 0.717) is 17.3 Å². The molecule has 1 heterocycles. The Morgan fingerprint density at radius 3 is 2.19 bits per heavy atom. The molecule has 7 heteroatoms. The van der Waals surface area contributed by atoms with Gasteiger partial charge in [-0.2, -0.15) is 0 Å². The van der Waals surface area contributed by atoms with E-state index in [-0.39, 0.29) is 5.91 Å². The van der Waals surface area contributed by atoms with Crippen LogP contribution in [-0.2, 0) is 4.79 Å². The molecule has 0 aliphatic carbocycles. The second kappa shape index (κ2) is 9.84. The first kappa shape index (κ1) is 22.0. The topological polar surface area (TPSA) is 75.7 Å². The monoisotopic (exact) mass is 420 g/mol. The number of nitrogens with one attached hydrogen (secondary N) is 2. The molecular formula is C24H28N4O3. The Balaban J connectivity index is 1.80. The molecule has 0 spiro atoms. The number of pyridine rings is 1. The summed E-state index contributed by atoms with van der Waals surface area (Å²) >= 11 is 0. The lowest BCUT2D eigenvalue weighted by Gasteiger charge is -2.18. The summed E-state index contributed by atoms with van der Waals surface area (Å²) in [5, 5.41) is 6.18. The van der Waals surface area contributed by atoms with Crippen LogP contribution in [0.4, 0.5) is 17.1 Å². The van der Waals surface area contributed by atoms with Gasteiger partial charge < -0.3 is 25.0 Å². The normalized spacial score (nSPS) is 11.4. The zero-order valence-corrected chi connectivity index (χ0v) is 18.5. The molecule has 0 fully saturated rings. The van der Waals surface area contributed by atoms with Crippen LogP contribution in [0.1, 0.15) is 6.92 Å².